The van der Waals surface area contributed by atoms with E-state index < -0.39 is 12.3 Å². The van der Waals surface area contributed by atoms with Crippen molar-refractivity contribution in [2.45, 2.75) is 40.4 Å². The van der Waals surface area contributed by atoms with Gasteiger partial charge in [0.25, 0.3) is 0 Å². The summed E-state index contributed by atoms with van der Waals surface area (Å²) in [7, 11) is 0. The highest BCUT2D eigenvalue weighted by Gasteiger charge is 2.29. The van der Waals surface area contributed by atoms with Crippen molar-refractivity contribution in [3.05, 3.63) is 47.2 Å². The standard InChI is InChI=1S/C21H26O6/c1-5-24-20(23)18-14(4)27-19(15-11-9-8-10-12-15)16(18)13-17(22)21(25-6-2)26-7-3/h8-12,21H,5-7,13H2,1-4H3. The molecule has 0 N–H and O–H groups in total. The molecule has 27 heavy (non-hydrogen) atoms. The Kier molecular flexibility index (Phi) is 7.76. The third-order valence-corrected chi connectivity index (χ3v) is 3.95. The first kappa shape index (κ1) is 20.9. The van der Waals surface area contributed by atoms with Crippen molar-refractivity contribution in [2.24, 2.45) is 0 Å². The van der Waals surface area contributed by atoms with E-state index in [1.165, 1.54) is 0 Å². The molecule has 2 aromatic rings. The number of ether oxygens (including phenoxy) is 3. The van der Waals surface area contributed by atoms with Crippen molar-refractivity contribution in [3.63, 3.8) is 0 Å². The van der Waals surface area contributed by atoms with Gasteiger partial charge in [-0.25, -0.2) is 4.79 Å². The van der Waals surface area contributed by atoms with Gasteiger partial charge in [0.2, 0.25) is 6.29 Å². The number of Topliss-reactive ketones (excluding diaryl/α,β-unsaturated/α-hetero) is 1. The van der Waals surface area contributed by atoms with Gasteiger partial charge in [-0.2, -0.15) is 0 Å². The maximum atomic E-state index is 12.8. The summed E-state index contributed by atoms with van der Waals surface area (Å²) in [5, 5.41) is 0. The van der Waals surface area contributed by atoms with Crippen LogP contribution >= 0.6 is 0 Å². The highest BCUT2D eigenvalue weighted by atomic mass is 16.7. The van der Waals surface area contributed by atoms with Crippen molar-refractivity contribution in [1.29, 1.82) is 0 Å². The summed E-state index contributed by atoms with van der Waals surface area (Å²) in [5.41, 5.74) is 1.56. The van der Waals surface area contributed by atoms with E-state index in [4.69, 9.17) is 18.6 Å². The van der Waals surface area contributed by atoms with Crippen LogP contribution in [0.25, 0.3) is 11.3 Å². The SMILES string of the molecule is CCOC(=O)c1c(C)oc(-c2ccccc2)c1CC(=O)C(OCC)OCC. The van der Waals surface area contributed by atoms with Gasteiger partial charge in [0, 0.05) is 30.8 Å². The Labute approximate surface area is 159 Å². The summed E-state index contributed by atoms with van der Waals surface area (Å²) in [6, 6.07) is 9.35. The molecule has 0 unspecified atom stereocenters. The Morgan fingerprint density at radius 2 is 1.63 bits per heavy atom. The summed E-state index contributed by atoms with van der Waals surface area (Å²) >= 11 is 0. The third-order valence-electron chi connectivity index (χ3n) is 3.95. The minimum absolute atomic E-state index is 0.0552. The average Bonchev–Trinajstić information content (AvgIpc) is 2.98. The zero-order chi connectivity index (χ0) is 19.8. The number of carbonyl (C=O) groups excluding carboxylic acids is 2. The first-order valence-electron chi connectivity index (χ1n) is 9.14. The van der Waals surface area contributed by atoms with Gasteiger partial charge >= 0.3 is 5.97 Å². The van der Waals surface area contributed by atoms with E-state index in [1.807, 2.05) is 30.3 Å². The summed E-state index contributed by atoms with van der Waals surface area (Å²) < 4.78 is 21.8. The molecule has 6 nitrogen and oxygen atoms in total. The number of carbonyl (C=O) groups is 2. The third kappa shape index (κ3) is 5.05. The normalized spacial score (nSPS) is 11.0. The lowest BCUT2D eigenvalue weighted by atomic mass is 9.99. The van der Waals surface area contributed by atoms with E-state index in [0.717, 1.165) is 5.56 Å². The van der Waals surface area contributed by atoms with Gasteiger partial charge in [-0.05, 0) is 27.7 Å². The highest BCUT2D eigenvalue weighted by molar-refractivity contribution is 5.97. The predicted molar refractivity (Wildman–Crippen MR) is 101 cm³/mol. The number of furan rings is 1. The smallest absolute Gasteiger partial charge is 0.342 e. The largest absolute Gasteiger partial charge is 0.462 e. The second kappa shape index (κ2) is 10.0. The fraction of sp³-hybridized carbons (Fsp3) is 0.429. The number of rotatable bonds is 10. The summed E-state index contributed by atoms with van der Waals surface area (Å²) in [5.74, 6) is 0.117. The van der Waals surface area contributed by atoms with Crippen molar-refractivity contribution in [3.8, 4) is 11.3 Å². The van der Waals surface area contributed by atoms with Crippen LogP contribution < -0.4 is 0 Å². The second-order valence-electron chi connectivity index (χ2n) is 5.81. The Morgan fingerprint density at radius 1 is 1.00 bits per heavy atom. The van der Waals surface area contributed by atoms with E-state index in [9.17, 15) is 9.59 Å². The zero-order valence-corrected chi connectivity index (χ0v) is 16.2. The van der Waals surface area contributed by atoms with Gasteiger partial charge < -0.3 is 18.6 Å². The highest BCUT2D eigenvalue weighted by Crippen LogP contribution is 2.33. The molecule has 2 rings (SSSR count). The number of benzene rings is 1. The number of hydrogen-bond acceptors (Lipinski definition) is 6. The van der Waals surface area contributed by atoms with E-state index >= 15 is 0 Å². The van der Waals surface area contributed by atoms with Crippen LogP contribution in [-0.4, -0.2) is 37.9 Å². The first-order valence-corrected chi connectivity index (χ1v) is 9.14. The van der Waals surface area contributed by atoms with Crippen molar-refractivity contribution < 1.29 is 28.2 Å². The molecule has 0 saturated heterocycles. The molecule has 0 amide bonds. The molecule has 0 atom stereocenters. The molecule has 1 heterocycles. The van der Waals surface area contributed by atoms with E-state index in [1.54, 1.807) is 27.7 Å². The van der Waals surface area contributed by atoms with Gasteiger partial charge in [0.1, 0.15) is 17.1 Å². The molecule has 0 radical (unpaired) electrons. The molecule has 0 saturated carbocycles. The molecule has 0 fully saturated rings. The van der Waals surface area contributed by atoms with Crippen LogP contribution in [-0.2, 0) is 25.4 Å². The van der Waals surface area contributed by atoms with Crippen molar-refractivity contribution >= 4 is 11.8 Å². The Balaban J connectivity index is 2.47. The van der Waals surface area contributed by atoms with Crippen LogP contribution in [0.5, 0.6) is 0 Å². The minimum atomic E-state index is -0.978. The maximum Gasteiger partial charge on any atom is 0.342 e. The van der Waals surface area contributed by atoms with Crippen molar-refractivity contribution in [1.82, 2.24) is 0 Å². The molecule has 0 bridgehead atoms. The van der Waals surface area contributed by atoms with Crippen molar-refractivity contribution in [2.75, 3.05) is 19.8 Å². The second-order valence-corrected chi connectivity index (χ2v) is 5.81. The minimum Gasteiger partial charge on any atom is -0.462 e. The topological polar surface area (TPSA) is 75.0 Å². The molecule has 1 aromatic heterocycles. The Morgan fingerprint density at radius 3 is 2.19 bits per heavy atom. The molecule has 6 heteroatoms. The molecule has 0 aliphatic carbocycles. The lowest BCUT2D eigenvalue weighted by molar-refractivity contribution is -0.167. The molecule has 0 aliphatic rings. The molecular weight excluding hydrogens is 348 g/mol. The van der Waals surface area contributed by atoms with Gasteiger partial charge in [-0.15, -0.1) is 0 Å². The molecule has 0 spiro atoms. The van der Waals surface area contributed by atoms with Gasteiger partial charge in [0.15, 0.2) is 5.78 Å². The molecule has 1 aromatic carbocycles. The maximum absolute atomic E-state index is 12.8. The van der Waals surface area contributed by atoms with E-state index in [2.05, 4.69) is 0 Å². The van der Waals surface area contributed by atoms with Crippen LogP contribution in [0.15, 0.2) is 34.7 Å². The molecular formula is C21H26O6. The van der Waals surface area contributed by atoms with Gasteiger partial charge in [0.05, 0.1) is 6.61 Å². The lowest BCUT2D eigenvalue weighted by Gasteiger charge is -2.16. The van der Waals surface area contributed by atoms with Gasteiger partial charge in [-0.1, -0.05) is 30.3 Å². The van der Waals surface area contributed by atoms with Crippen LogP contribution in [0, 0.1) is 6.92 Å². The molecule has 0 aliphatic heterocycles. The number of hydrogen-bond donors (Lipinski definition) is 0. The van der Waals surface area contributed by atoms with Gasteiger partial charge in [-0.3, -0.25) is 4.79 Å². The quantitative estimate of drug-likeness (QED) is 0.463. The lowest BCUT2D eigenvalue weighted by Crippen LogP contribution is -2.29. The summed E-state index contributed by atoms with van der Waals surface area (Å²) in [6.45, 7) is 7.93. The Bertz CT molecular complexity index is 756. The van der Waals surface area contributed by atoms with Crippen LogP contribution in [0.4, 0.5) is 0 Å². The number of aryl methyl sites for hydroxylation is 1. The fourth-order valence-electron chi connectivity index (χ4n) is 2.85. The fourth-order valence-corrected chi connectivity index (χ4v) is 2.85. The Hall–Kier alpha value is -2.44. The summed E-state index contributed by atoms with van der Waals surface area (Å²) in [4.78, 5) is 25.3. The van der Waals surface area contributed by atoms with Crippen LogP contribution in [0.3, 0.4) is 0 Å². The number of esters is 1. The molecule has 146 valence electrons. The predicted octanol–water partition coefficient (Wildman–Crippen LogP) is 3.94. The van der Waals surface area contributed by atoms with Crippen LogP contribution in [0.1, 0.15) is 42.5 Å². The monoisotopic (exact) mass is 374 g/mol. The van der Waals surface area contributed by atoms with E-state index in [-0.39, 0.29) is 24.4 Å². The zero-order valence-electron chi connectivity index (χ0n) is 16.2. The first-order chi connectivity index (χ1) is 13.0. The average molecular weight is 374 g/mol. The summed E-state index contributed by atoms with van der Waals surface area (Å²) in [6.07, 6.45) is -1.03. The van der Waals surface area contributed by atoms with E-state index in [0.29, 0.717) is 30.3 Å². The van der Waals surface area contributed by atoms with Crippen LogP contribution in [0.2, 0.25) is 0 Å². The number of ketones is 1.